The Morgan fingerprint density at radius 1 is 1.11 bits per heavy atom. The standard InChI is InChI=1S/C27H22N6O3S/c1-3-36-26(35)20-15-19-22(30-23(20)29-17-11-7-5-8-12-17)21(16-28)24-32(18-13-9-6-10-14-18)27(37-4-2)31-33(24)25(19)34/h5-15H,3-4H2,1-2H3,(H,29,30). The van der Waals surface area contributed by atoms with E-state index in [-0.39, 0.29) is 34.5 Å². The van der Waals surface area contributed by atoms with E-state index >= 15 is 0 Å². The van der Waals surface area contributed by atoms with Crippen molar-refractivity contribution in [1.82, 2.24) is 19.2 Å². The van der Waals surface area contributed by atoms with E-state index in [0.717, 1.165) is 5.69 Å². The van der Waals surface area contributed by atoms with E-state index in [9.17, 15) is 14.9 Å². The molecule has 5 aromatic rings. The Kier molecular flexibility index (Phi) is 6.62. The number of benzene rings is 2. The number of nitriles is 1. The van der Waals surface area contributed by atoms with Crippen LogP contribution in [0.2, 0.25) is 0 Å². The predicted octanol–water partition coefficient (Wildman–Crippen LogP) is 4.94. The van der Waals surface area contributed by atoms with Gasteiger partial charge in [-0.1, -0.05) is 55.1 Å². The quantitative estimate of drug-likeness (QED) is 0.242. The zero-order chi connectivity index (χ0) is 25.9. The number of para-hydroxylation sites is 2. The van der Waals surface area contributed by atoms with Gasteiger partial charge < -0.3 is 10.1 Å². The van der Waals surface area contributed by atoms with Crippen molar-refractivity contribution < 1.29 is 9.53 Å². The summed E-state index contributed by atoms with van der Waals surface area (Å²) in [5.74, 6) is 0.268. The summed E-state index contributed by atoms with van der Waals surface area (Å²) in [5, 5.41) is 18.7. The second-order valence-electron chi connectivity index (χ2n) is 7.91. The monoisotopic (exact) mass is 510 g/mol. The first kappa shape index (κ1) is 24.1. The van der Waals surface area contributed by atoms with Gasteiger partial charge in [0.2, 0.25) is 0 Å². The summed E-state index contributed by atoms with van der Waals surface area (Å²) in [6.45, 7) is 3.84. The van der Waals surface area contributed by atoms with E-state index in [1.54, 1.807) is 11.5 Å². The maximum Gasteiger partial charge on any atom is 0.341 e. The fourth-order valence-corrected chi connectivity index (χ4v) is 4.78. The third-order valence-electron chi connectivity index (χ3n) is 5.63. The van der Waals surface area contributed by atoms with Crippen LogP contribution in [0.15, 0.2) is 76.7 Å². The van der Waals surface area contributed by atoms with Gasteiger partial charge in [-0.25, -0.2) is 9.78 Å². The molecule has 0 bridgehead atoms. The highest BCUT2D eigenvalue weighted by Gasteiger charge is 2.25. The number of carbonyl (C=O) groups excluding carboxylic acids is 1. The third kappa shape index (κ3) is 4.30. The van der Waals surface area contributed by atoms with Gasteiger partial charge in [-0.05, 0) is 43.0 Å². The molecule has 0 aliphatic heterocycles. The molecule has 3 heterocycles. The second-order valence-corrected chi connectivity index (χ2v) is 9.14. The molecule has 0 amide bonds. The molecule has 0 aliphatic carbocycles. The van der Waals surface area contributed by atoms with Crippen LogP contribution in [0.5, 0.6) is 0 Å². The molecular weight excluding hydrogens is 488 g/mol. The molecule has 9 nitrogen and oxygen atoms in total. The number of pyridine rings is 2. The van der Waals surface area contributed by atoms with Crippen LogP contribution in [0, 0.1) is 11.3 Å². The summed E-state index contributed by atoms with van der Waals surface area (Å²) in [6.07, 6.45) is 0. The molecule has 1 N–H and O–H groups in total. The normalized spacial score (nSPS) is 10.9. The van der Waals surface area contributed by atoms with Gasteiger partial charge >= 0.3 is 5.97 Å². The minimum atomic E-state index is -0.629. The lowest BCUT2D eigenvalue weighted by molar-refractivity contribution is 0.0527. The first-order chi connectivity index (χ1) is 18.1. The smallest absolute Gasteiger partial charge is 0.341 e. The molecule has 0 aliphatic rings. The first-order valence-electron chi connectivity index (χ1n) is 11.7. The Balaban J connectivity index is 1.88. The van der Waals surface area contributed by atoms with Crippen LogP contribution in [-0.2, 0) is 4.74 Å². The van der Waals surface area contributed by atoms with Crippen molar-refractivity contribution in [3.63, 3.8) is 0 Å². The summed E-state index contributed by atoms with van der Waals surface area (Å²) >= 11 is 1.45. The number of rotatable bonds is 7. The number of thioether (sulfide) groups is 1. The van der Waals surface area contributed by atoms with E-state index in [0.29, 0.717) is 22.2 Å². The number of ether oxygens (including phenoxy) is 1. The maximum absolute atomic E-state index is 13.7. The highest BCUT2D eigenvalue weighted by molar-refractivity contribution is 7.99. The van der Waals surface area contributed by atoms with Crippen molar-refractivity contribution in [2.75, 3.05) is 17.7 Å². The predicted molar refractivity (Wildman–Crippen MR) is 143 cm³/mol. The number of nitrogens with one attached hydrogen (secondary N) is 1. The largest absolute Gasteiger partial charge is 0.462 e. The van der Waals surface area contributed by atoms with Gasteiger partial charge in [-0.2, -0.15) is 9.78 Å². The number of carbonyl (C=O) groups is 1. The number of esters is 1. The van der Waals surface area contributed by atoms with E-state index in [2.05, 4.69) is 21.5 Å². The number of fused-ring (bicyclic) bond motifs is 2. The van der Waals surface area contributed by atoms with Crippen molar-refractivity contribution in [1.29, 1.82) is 5.26 Å². The molecule has 37 heavy (non-hydrogen) atoms. The molecule has 0 fully saturated rings. The zero-order valence-corrected chi connectivity index (χ0v) is 21.0. The molecule has 184 valence electrons. The van der Waals surface area contributed by atoms with E-state index in [1.165, 1.54) is 22.3 Å². The molecule has 3 aromatic heterocycles. The summed E-state index contributed by atoms with van der Waals surface area (Å²) < 4.78 is 8.24. The van der Waals surface area contributed by atoms with Crippen molar-refractivity contribution in [2.24, 2.45) is 0 Å². The van der Waals surface area contributed by atoms with Crippen LogP contribution in [0.3, 0.4) is 0 Å². The highest BCUT2D eigenvalue weighted by atomic mass is 32.2. The van der Waals surface area contributed by atoms with Gasteiger partial charge in [0.25, 0.3) is 5.56 Å². The molecular formula is C27H22N6O3S. The fourth-order valence-electron chi connectivity index (χ4n) is 4.06. The summed E-state index contributed by atoms with van der Waals surface area (Å²) in [7, 11) is 0. The van der Waals surface area contributed by atoms with Gasteiger partial charge in [0.05, 0.1) is 17.5 Å². The van der Waals surface area contributed by atoms with Gasteiger partial charge in [0.15, 0.2) is 10.8 Å². The average molecular weight is 511 g/mol. The Morgan fingerprint density at radius 3 is 2.46 bits per heavy atom. The van der Waals surface area contributed by atoms with Crippen LogP contribution < -0.4 is 10.9 Å². The highest BCUT2D eigenvalue weighted by Crippen LogP contribution is 2.30. The minimum absolute atomic E-state index is 0.0878. The Morgan fingerprint density at radius 2 is 1.81 bits per heavy atom. The Bertz CT molecular complexity index is 1720. The molecule has 2 aromatic carbocycles. The molecule has 0 saturated heterocycles. The Labute approximate surface area is 216 Å². The molecule has 10 heteroatoms. The second kappa shape index (κ2) is 10.2. The molecule has 0 unspecified atom stereocenters. The van der Waals surface area contributed by atoms with Crippen LogP contribution in [0.4, 0.5) is 11.5 Å². The van der Waals surface area contributed by atoms with E-state index < -0.39 is 11.5 Å². The van der Waals surface area contributed by atoms with Crippen molar-refractivity contribution in [3.8, 4) is 11.8 Å². The fraction of sp³-hybridized carbons (Fsp3) is 0.148. The van der Waals surface area contributed by atoms with Crippen LogP contribution in [0.1, 0.15) is 29.8 Å². The van der Waals surface area contributed by atoms with Gasteiger partial charge in [-0.15, -0.1) is 5.10 Å². The SMILES string of the molecule is CCOC(=O)c1cc2c(=O)n3nc(SCC)n(-c4ccccc4)c3c(C#N)c2nc1Nc1ccccc1. The van der Waals surface area contributed by atoms with Crippen molar-refractivity contribution >= 4 is 45.8 Å². The molecule has 0 radical (unpaired) electrons. The van der Waals surface area contributed by atoms with Crippen LogP contribution in [0.25, 0.3) is 22.2 Å². The molecule has 5 rings (SSSR count). The zero-order valence-electron chi connectivity index (χ0n) is 20.1. The third-order valence-corrected chi connectivity index (χ3v) is 6.44. The van der Waals surface area contributed by atoms with E-state index in [4.69, 9.17) is 4.74 Å². The summed E-state index contributed by atoms with van der Waals surface area (Å²) in [4.78, 5) is 31.2. The van der Waals surface area contributed by atoms with Gasteiger partial charge in [-0.3, -0.25) is 9.36 Å². The van der Waals surface area contributed by atoms with E-state index in [1.807, 2.05) is 67.6 Å². The lowest BCUT2D eigenvalue weighted by Crippen LogP contribution is -2.19. The topological polar surface area (TPSA) is 114 Å². The number of aromatic nitrogens is 4. The van der Waals surface area contributed by atoms with Gasteiger partial charge in [0, 0.05) is 11.4 Å². The molecule has 0 saturated carbocycles. The number of anilines is 2. The maximum atomic E-state index is 13.7. The minimum Gasteiger partial charge on any atom is -0.462 e. The Hall–Kier alpha value is -4.62. The number of hydrogen-bond donors (Lipinski definition) is 1. The molecule has 0 atom stereocenters. The molecule has 0 spiro atoms. The van der Waals surface area contributed by atoms with Crippen molar-refractivity contribution in [3.05, 3.63) is 88.2 Å². The summed E-state index contributed by atoms with van der Waals surface area (Å²) in [6, 6.07) is 22.3. The van der Waals surface area contributed by atoms with Gasteiger partial charge in [0.1, 0.15) is 23.0 Å². The van der Waals surface area contributed by atoms with Crippen LogP contribution >= 0.6 is 11.8 Å². The first-order valence-corrected chi connectivity index (χ1v) is 12.7. The number of hydrogen-bond acceptors (Lipinski definition) is 8. The van der Waals surface area contributed by atoms with Crippen LogP contribution in [-0.4, -0.2) is 37.5 Å². The average Bonchev–Trinajstić information content (AvgIpc) is 3.29. The number of nitrogens with zero attached hydrogens (tertiary/aromatic N) is 5. The van der Waals surface area contributed by atoms with Crippen molar-refractivity contribution in [2.45, 2.75) is 19.0 Å². The summed E-state index contributed by atoms with van der Waals surface area (Å²) in [5.41, 5.74) is 1.70. The lowest BCUT2D eigenvalue weighted by atomic mass is 10.1. The lowest BCUT2D eigenvalue weighted by Gasteiger charge is -2.13.